The number of nitro groups is 1. The Morgan fingerprint density at radius 3 is 2.65 bits per heavy atom. The summed E-state index contributed by atoms with van der Waals surface area (Å²) >= 11 is 0. The molecule has 2 heterocycles. The summed E-state index contributed by atoms with van der Waals surface area (Å²) in [6.07, 6.45) is 0. The molecular formula is C21H21N3O7. The van der Waals surface area contributed by atoms with Crippen LogP contribution in [0.15, 0.2) is 36.4 Å². The Kier molecular flexibility index (Phi) is 5.24. The fourth-order valence-corrected chi connectivity index (χ4v) is 4.03. The highest BCUT2D eigenvalue weighted by molar-refractivity contribution is 6.01. The first kappa shape index (κ1) is 20.6. The van der Waals surface area contributed by atoms with E-state index in [1.165, 1.54) is 17.0 Å². The van der Waals surface area contributed by atoms with Crippen molar-refractivity contribution in [1.82, 2.24) is 9.80 Å². The molecule has 2 aliphatic rings. The minimum absolute atomic E-state index is 0.0392. The Morgan fingerprint density at radius 1 is 1.23 bits per heavy atom. The highest BCUT2D eigenvalue weighted by Crippen LogP contribution is 2.45. The summed E-state index contributed by atoms with van der Waals surface area (Å²) < 4.78 is 10.8. The summed E-state index contributed by atoms with van der Waals surface area (Å²) in [6.45, 7) is 0.807. The maximum absolute atomic E-state index is 13.4. The zero-order chi connectivity index (χ0) is 22.3. The van der Waals surface area contributed by atoms with Crippen molar-refractivity contribution >= 4 is 17.6 Å². The standard InChI is InChI=1S/C21H21N3O7/c1-22(2)7-8-23-19(12-3-6-16-17(9-12)31-11-30-16)18(21(26)27)14-5-4-13(24(28)29)10-15(14)20(23)25/h3-6,9-10,18-19H,7-8,11H2,1-2H3,(H,26,27). The van der Waals surface area contributed by atoms with Crippen LogP contribution in [0.25, 0.3) is 0 Å². The second-order valence-corrected chi connectivity index (χ2v) is 7.70. The van der Waals surface area contributed by atoms with Crippen LogP contribution < -0.4 is 9.47 Å². The van der Waals surface area contributed by atoms with Crippen molar-refractivity contribution in [2.75, 3.05) is 34.0 Å². The second-order valence-electron chi connectivity index (χ2n) is 7.70. The van der Waals surface area contributed by atoms with E-state index in [0.29, 0.717) is 23.6 Å². The molecule has 0 aliphatic carbocycles. The zero-order valence-corrected chi connectivity index (χ0v) is 17.0. The Labute approximate surface area is 177 Å². The number of benzene rings is 2. The van der Waals surface area contributed by atoms with Crippen LogP contribution in [0.3, 0.4) is 0 Å². The van der Waals surface area contributed by atoms with Crippen LogP contribution in [0.4, 0.5) is 5.69 Å². The number of carboxylic acids is 1. The molecule has 2 aromatic rings. The lowest BCUT2D eigenvalue weighted by Gasteiger charge is -2.41. The topological polar surface area (TPSA) is 122 Å². The first-order chi connectivity index (χ1) is 14.8. The van der Waals surface area contributed by atoms with Gasteiger partial charge >= 0.3 is 5.97 Å². The molecule has 2 unspecified atom stereocenters. The van der Waals surface area contributed by atoms with E-state index in [1.54, 1.807) is 18.2 Å². The van der Waals surface area contributed by atoms with Crippen molar-refractivity contribution < 1.29 is 29.1 Å². The number of nitrogens with zero attached hydrogens (tertiary/aromatic N) is 3. The number of amides is 1. The molecule has 10 nitrogen and oxygen atoms in total. The van der Waals surface area contributed by atoms with Gasteiger partial charge in [-0.3, -0.25) is 19.7 Å². The highest BCUT2D eigenvalue weighted by atomic mass is 16.7. The SMILES string of the molecule is CN(C)CCN1C(=O)c2cc([N+](=O)[O-])ccc2C(C(=O)O)C1c1ccc2c(c1)OCO2. The van der Waals surface area contributed by atoms with Gasteiger partial charge in [-0.25, -0.2) is 0 Å². The monoisotopic (exact) mass is 427 g/mol. The van der Waals surface area contributed by atoms with E-state index >= 15 is 0 Å². The van der Waals surface area contributed by atoms with Crippen LogP contribution in [0.5, 0.6) is 11.5 Å². The summed E-state index contributed by atoms with van der Waals surface area (Å²) in [5.41, 5.74) is 0.627. The molecule has 0 saturated heterocycles. The predicted octanol–water partition coefficient (Wildman–Crippen LogP) is 2.25. The molecule has 0 saturated carbocycles. The van der Waals surface area contributed by atoms with Gasteiger partial charge in [-0.15, -0.1) is 0 Å². The predicted molar refractivity (Wildman–Crippen MR) is 108 cm³/mol. The van der Waals surface area contributed by atoms with E-state index in [4.69, 9.17) is 9.47 Å². The van der Waals surface area contributed by atoms with Crippen molar-refractivity contribution in [3.63, 3.8) is 0 Å². The third-order valence-corrected chi connectivity index (χ3v) is 5.52. The van der Waals surface area contributed by atoms with Gasteiger partial charge in [-0.1, -0.05) is 12.1 Å². The number of likely N-dealkylation sites (N-methyl/N-ethyl adjacent to an activating group) is 1. The van der Waals surface area contributed by atoms with Crippen molar-refractivity contribution in [3.05, 3.63) is 63.2 Å². The van der Waals surface area contributed by atoms with Crippen molar-refractivity contribution in [3.8, 4) is 11.5 Å². The van der Waals surface area contributed by atoms with Gasteiger partial charge in [0.15, 0.2) is 11.5 Å². The Morgan fingerprint density at radius 2 is 1.97 bits per heavy atom. The van der Waals surface area contributed by atoms with E-state index < -0.39 is 28.8 Å². The molecule has 2 aromatic carbocycles. The Bertz CT molecular complexity index is 1070. The Hall–Kier alpha value is -3.66. The number of aliphatic carboxylic acids is 1. The van der Waals surface area contributed by atoms with Crippen LogP contribution in [-0.2, 0) is 4.79 Å². The molecule has 0 spiro atoms. The fraction of sp³-hybridized carbons (Fsp3) is 0.333. The minimum Gasteiger partial charge on any atom is -0.481 e. The first-order valence-electron chi connectivity index (χ1n) is 9.64. The molecule has 0 bridgehead atoms. The molecule has 31 heavy (non-hydrogen) atoms. The molecule has 162 valence electrons. The third-order valence-electron chi connectivity index (χ3n) is 5.52. The van der Waals surface area contributed by atoms with Gasteiger partial charge in [-0.2, -0.15) is 0 Å². The number of hydrogen-bond donors (Lipinski definition) is 1. The zero-order valence-electron chi connectivity index (χ0n) is 17.0. The maximum atomic E-state index is 13.4. The number of carbonyl (C=O) groups is 2. The van der Waals surface area contributed by atoms with Crippen molar-refractivity contribution in [1.29, 1.82) is 0 Å². The molecular weight excluding hydrogens is 406 g/mol. The van der Waals surface area contributed by atoms with E-state index in [9.17, 15) is 24.8 Å². The lowest BCUT2D eigenvalue weighted by Crippen LogP contribution is -2.47. The normalized spacial score (nSPS) is 19.5. The van der Waals surface area contributed by atoms with Gasteiger partial charge < -0.3 is 24.4 Å². The van der Waals surface area contributed by atoms with Crippen molar-refractivity contribution in [2.45, 2.75) is 12.0 Å². The Balaban J connectivity index is 1.87. The number of non-ortho nitro benzene ring substituents is 1. The summed E-state index contributed by atoms with van der Waals surface area (Å²) in [5, 5.41) is 21.4. The van der Waals surface area contributed by atoms with E-state index in [1.807, 2.05) is 19.0 Å². The van der Waals surface area contributed by atoms with Crippen molar-refractivity contribution in [2.24, 2.45) is 0 Å². The minimum atomic E-state index is -1.12. The van der Waals surface area contributed by atoms with Gasteiger partial charge in [0, 0.05) is 25.2 Å². The summed E-state index contributed by atoms with van der Waals surface area (Å²) in [7, 11) is 3.69. The van der Waals surface area contributed by atoms with Gasteiger partial charge in [-0.05, 0) is 37.4 Å². The van der Waals surface area contributed by atoms with Crippen LogP contribution in [0, 0.1) is 10.1 Å². The van der Waals surface area contributed by atoms with Gasteiger partial charge in [0.2, 0.25) is 6.79 Å². The number of hydrogen-bond acceptors (Lipinski definition) is 7. The fourth-order valence-electron chi connectivity index (χ4n) is 4.03. The number of carboxylic acid groups (broad SMARTS) is 1. The van der Waals surface area contributed by atoms with Crippen LogP contribution >= 0.6 is 0 Å². The smallest absolute Gasteiger partial charge is 0.313 e. The molecule has 4 rings (SSSR count). The maximum Gasteiger partial charge on any atom is 0.313 e. The molecule has 0 aromatic heterocycles. The highest BCUT2D eigenvalue weighted by Gasteiger charge is 2.45. The number of rotatable bonds is 6. The number of nitro benzene ring substituents is 1. The van der Waals surface area contributed by atoms with Crippen LogP contribution in [0.2, 0.25) is 0 Å². The molecule has 0 radical (unpaired) electrons. The lowest BCUT2D eigenvalue weighted by atomic mass is 9.79. The molecule has 10 heteroatoms. The van der Waals surface area contributed by atoms with Gasteiger partial charge in [0.25, 0.3) is 11.6 Å². The summed E-state index contributed by atoms with van der Waals surface area (Å²) in [4.78, 5) is 39.8. The van der Waals surface area contributed by atoms with E-state index in [0.717, 1.165) is 6.07 Å². The number of fused-ring (bicyclic) bond motifs is 2. The van der Waals surface area contributed by atoms with E-state index in [2.05, 4.69) is 0 Å². The molecule has 0 fully saturated rings. The molecule has 2 aliphatic heterocycles. The van der Waals surface area contributed by atoms with E-state index in [-0.39, 0.29) is 30.2 Å². The molecule has 2 atom stereocenters. The van der Waals surface area contributed by atoms with Gasteiger partial charge in [0.05, 0.1) is 16.5 Å². The lowest BCUT2D eigenvalue weighted by molar-refractivity contribution is -0.384. The second kappa shape index (κ2) is 7.88. The van der Waals surface area contributed by atoms with Crippen LogP contribution in [0.1, 0.15) is 33.4 Å². The quantitative estimate of drug-likeness (QED) is 0.550. The van der Waals surface area contributed by atoms with Gasteiger partial charge in [0.1, 0.15) is 5.92 Å². The largest absolute Gasteiger partial charge is 0.481 e. The van der Waals surface area contributed by atoms with Crippen LogP contribution in [-0.4, -0.2) is 65.7 Å². The molecule has 1 amide bonds. The summed E-state index contributed by atoms with van der Waals surface area (Å²) in [6, 6.07) is 8.05. The summed E-state index contributed by atoms with van der Waals surface area (Å²) in [5.74, 6) is -1.64. The third kappa shape index (κ3) is 3.66. The average molecular weight is 427 g/mol. The number of carbonyl (C=O) groups excluding carboxylic acids is 1. The average Bonchev–Trinajstić information content (AvgIpc) is 3.19. The molecule has 1 N–H and O–H groups in total. The number of ether oxygens (including phenoxy) is 2. The first-order valence-corrected chi connectivity index (χ1v) is 9.64.